The van der Waals surface area contributed by atoms with Gasteiger partial charge in [-0.25, -0.2) is 0 Å². The molecule has 1 aliphatic rings. The second kappa shape index (κ2) is 6.70. The van der Waals surface area contributed by atoms with E-state index in [1.807, 2.05) is 11.8 Å². The van der Waals surface area contributed by atoms with Crippen LogP contribution in [0.25, 0.3) is 0 Å². The predicted octanol–water partition coefficient (Wildman–Crippen LogP) is 2.04. The summed E-state index contributed by atoms with van der Waals surface area (Å²) in [7, 11) is 0. The molecule has 2 nitrogen and oxygen atoms in total. The average Bonchev–Trinajstić information content (AvgIpc) is 2.26. The molecule has 0 aliphatic heterocycles. The Labute approximate surface area is 91.1 Å². The van der Waals surface area contributed by atoms with Gasteiger partial charge in [0.2, 0.25) is 0 Å². The van der Waals surface area contributed by atoms with Crippen LogP contribution in [0.15, 0.2) is 0 Å². The molecule has 1 saturated carbocycles. The molecule has 3 unspecified atom stereocenters. The van der Waals surface area contributed by atoms with Crippen LogP contribution in [0.4, 0.5) is 0 Å². The maximum atomic E-state index is 9.24. The molecule has 1 fully saturated rings. The molecule has 0 amide bonds. The van der Waals surface area contributed by atoms with Gasteiger partial charge in [-0.15, -0.1) is 0 Å². The first-order valence-corrected chi connectivity index (χ1v) is 6.71. The van der Waals surface area contributed by atoms with E-state index in [2.05, 4.69) is 6.92 Å². The van der Waals surface area contributed by atoms with Crippen LogP contribution in [0.1, 0.15) is 39.0 Å². The number of rotatable bonds is 5. The third kappa shape index (κ3) is 4.20. The Morgan fingerprint density at radius 1 is 1.43 bits per heavy atom. The zero-order valence-electron chi connectivity index (χ0n) is 8.98. The van der Waals surface area contributed by atoms with Crippen molar-refractivity contribution in [2.75, 3.05) is 12.4 Å². The molecule has 0 aromatic carbocycles. The van der Waals surface area contributed by atoms with Crippen molar-refractivity contribution in [2.24, 2.45) is 5.92 Å². The summed E-state index contributed by atoms with van der Waals surface area (Å²) in [4.78, 5) is 0. The number of aliphatic hydroxyl groups excluding tert-OH is 2. The van der Waals surface area contributed by atoms with Crippen molar-refractivity contribution in [2.45, 2.75) is 50.4 Å². The van der Waals surface area contributed by atoms with Crippen LogP contribution < -0.4 is 0 Å². The van der Waals surface area contributed by atoms with Crippen LogP contribution in [0.2, 0.25) is 0 Å². The van der Waals surface area contributed by atoms with Crippen LogP contribution >= 0.6 is 11.8 Å². The second-order valence-electron chi connectivity index (χ2n) is 4.23. The Kier molecular flexibility index (Phi) is 5.90. The summed E-state index contributed by atoms with van der Waals surface area (Å²) in [5.41, 5.74) is 0. The number of hydrogen-bond donors (Lipinski definition) is 2. The maximum absolute atomic E-state index is 9.24. The zero-order chi connectivity index (χ0) is 10.4. The van der Waals surface area contributed by atoms with E-state index in [1.165, 1.54) is 32.1 Å². The van der Waals surface area contributed by atoms with E-state index in [9.17, 15) is 5.11 Å². The molecule has 2 N–H and O–H groups in total. The highest BCUT2D eigenvalue weighted by molar-refractivity contribution is 7.99. The monoisotopic (exact) mass is 218 g/mol. The predicted molar refractivity (Wildman–Crippen MR) is 61.6 cm³/mol. The Hall–Kier alpha value is 0.270. The van der Waals surface area contributed by atoms with Crippen molar-refractivity contribution in [3.8, 4) is 0 Å². The van der Waals surface area contributed by atoms with Crippen LogP contribution in [0.5, 0.6) is 0 Å². The summed E-state index contributed by atoms with van der Waals surface area (Å²) >= 11 is 1.84. The molecule has 0 aromatic rings. The summed E-state index contributed by atoms with van der Waals surface area (Å²) in [5, 5.41) is 18.7. The fourth-order valence-corrected chi connectivity index (χ4v) is 3.41. The van der Waals surface area contributed by atoms with Gasteiger partial charge in [0.15, 0.2) is 0 Å². The quantitative estimate of drug-likeness (QED) is 0.742. The molecule has 0 bridgehead atoms. The first-order chi connectivity index (χ1) is 6.76. The fraction of sp³-hybridized carbons (Fsp3) is 1.00. The summed E-state index contributed by atoms with van der Waals surface area (Å²) in [6.45, 7) is 2.16. The van der Waals surface area contributed by atoms with E-state index in [0.29, 0.717) is 5.75 Å². The van der Waals surface area contributed by atoms with Crippen LogP contribution in [0.3, 0.4) is 0 Å². The molecule has 0 heterocycles. The largest absolute Gasteiger partial charge is 0.394 e. The van der Waals surface area contributed by atoms with Gasteiger partial charge in [0.05, 0.1) is 12.7 Å². The molecule has 0 saturated heterocycles. The van der Waals surface area contributed by atoms with E-state index >= 15 is 0 Å². The second-order valence-corrected chi connectivity index (χ2v) is 5.57. The van der Waals surface area contributed by atoms with Crippen molar-refractivity contribution in [3.05, 3.63) is 0 Å². The van der Waals surface area contributed by atoms with Crippen molar-refractivity contribution in [3.63, 3.8) is 0 Å². The summed E-state index contributed by atoms with van der Waals surface area (Å²) in [5.74, 6) is 1.59. The molecule has 3 atom stereocenters. The lowest BCUT2D eigenvalue weighted by Gasteiger charge is -2.28. The maximum Gasteiger partial charge on any atom is 0.0861 e. The molecule has 14 heavy (non-hydrogen) atoms. The molecule has 1 aliphatic carbocycles. The number of thioether (sulfide) groups is 1. The molecule has 0 radical (unpaired) electrons. The Balaban J connectivity index is 2.17. The third-order valence-corrected chi connectivity index (χ3v) is 4.52. The Morgan fingerprint density at radius 2 is 2.21 bits per heavy atom. The zero-order valence-corrected chi connectivity index (χ0v) is 9.80. The van der Waals surface area contributed by atoms with Crippen molar-refractivity contribution in [1.82, 2.24) is 0 Å². The molecular weight excluding hydrogens is 196 g/mol. The van der Waals surface area contributed by atoms with E-state index < -0.39 is 6.10 Å². The molecule has 3 heteroatoms. The van der Waals surface area contributed by atoms with E-state index in [0.717, 1.165) is 11.2 Å². The lowest BCUT2D eigenvalue weighted by Crippen LogP contribution is -2.21. The number of hydrogen-bond acceptors (Lipinski definition) is 3. The van der Waals surface area contributed by atoms with Crippen molar-refractivity contribution in [1.29, 1.82) is 0 Å². The van der Waals surface area contributed by atoms with Gasteiger partial charge in [0, 0.05) is 11.0 Å². The van der Waals surface area contributed by atoms with Crippen LogP contribution in [0, 0.1) is 5.92 Å². The standard InChI is InChI=1S/C11H22O2S/c1-2-9-4-3-5-11(6-9)14-8-10(13)7-12/h9-13H,2-8H2,1H3. The summed E-state index contributed by atoms with van der Waals surface area (Å²) in [6, 6.07) is 0. The van der Waals surface area contributed by atoms with Gasteiger partial charge < -0.3 is 10.2 Å². The van der Waals surface area contributed by atoms with Gasteiger partial charge in [-0.1, -0.05) is 26.2 Å². The van der Waals surface area contributed by atoms with Gasteiger partial charge in [-0.3, -0.25) is 0 Å². The minimum Gasteiger partial charge on any atom is -0.394 e. The van der Waals surface area contributed by atoms with Gasteiger partial charge in [-0.2, -0.15) is 11.8 Å². The third-order valence-electron chi connectivity index (χ3n) is 3.05. The van der Waals surface area contributed by atoms with Crippen LogP contribution in [-0.2, 0) is 0 Å². The van der Waals surface area contributed by atoms with E-state index in [1.54, 1.807) is 0 Å². The van der Waals surface area contributed by atoms with Crippen molar-refractivity contribution >= 4 is 11.8 Å². The molecule has 0 aromatic heterocycles. The lowest BCUT2D eigenvalue weighted by atomic mass is 9.87. The highest BCUT2D eigenvalue weighted by atomic mass is 32.2. The first kappa shape index (κ1) is 12.3. The van der Waals surface area contributed by atoms with E-state index in [4.69, 9.17) is 5.11 Å². The normalized spacial score (nSPS) is 30.2. The van der Waals surface area contributed by atoms with Crippen molar-refractivity contribution < 1.29 is 10.2 Å². The highest BCUT2D eigenvalue weighted by Gasteiger charge is 2.21. The SMILES string of the molecule is CCC1CCCC(SCC(O)CO)C1. The molecular formula is C11H22O2S. The first-order valence-electron chi connectivity index (χ1n) is 5.66. The van der Waals surface area contributed by atoms with Gasteiger partial charge in [0.1, 0.15) is 0 Å². The fourth-order valence-electron chi connectivity index (χ4n) is 2.06. The lowest BCUT2D eigenvalue weighted by molar-refractivity contribution is 0.113. The summed E-state index contributed by atoms with van der Waals surface area (Å²) in [6.07, 6.45) is 6.08. The molecule has 1 rings (SSSR count). The topological polar surface area (TPSA) is 40.5 Å². The minimum atomic E-state index is -0.526. The molecule has 84 valence electrons. The smallest absolute Gasteiger partial charge is 0.0861 e. The average molecular weight is 218 g/mol. The Bertz CT molecular complexity index is 152. The highest BCUT2D eigenvalue weighted by Crippen LogP contribution is 2.33. The Morgan fingerprint density at radius 3 is 2.86 bits per heavy atom. The van der Waals surface area contributed by atoms with Crippen LogP contribution in [-0.4, -0.2) is 33.9 Å². The minimum absolute atomic E-state index is 0.100. The summed E-state index contributed by atoms with van der Waals surface area (Å²) < 4.78 is 0. The van der Waals surface area contributed by atoms with E-state index in [-0.39, 0.29) is 6.61 Å². The van der Waals surface area contributed by atoms with Gasteiger partial charge >= 0.3 is 0 Å². The number of aliphatic hydroxyl groups is 2. The van der Waals surface area contributed by atoms with Gasteiger partial charge in [0.25, 0.3) is 0 Å². The van der Waals surface area contributed by atoms with Gasteiger partial charge in [-0.05, 0) is 18.8 Å². The molecule has 0 spiro atoms.